The van der Waals surface area contributed by atoms with Crippen molar-refractivity contribution in [1.82, 2.24) is 20.4 Å². The van der Waals surface area contributed by atoms with Crippen molar-refractivity contribution in [2.24, 2.45) is 0 Å². The second-order valence-corrected chi connectivity index (χ2v) is 9.46. The van der Waals surface area contributed by atoms with E-state index in [0.29, 0.717) is 51.5 Å². The molecule has 11 heteroatoms. The highest BCUT2D eigenvalue weighted by molar-refractivity contribution is 6.35. The monoisotopic (exact) mass is 530 g/mol. The molecule has 3 aliphatic rings. The summed E-state index contributed by atoms with van der Waals surface area (Å²) in [6.07, 6.45) is -0.349. The lowest BCUT2D eigenvalue weighted by atomic mass is 9.95. The first-order valence-electron chi connectivity index (χ1n) is 11.6. The Labute approximate surface area is 217 Å². The van der Waals surface area contributed by atoms with E-state index in [-0.39, 0.29) is 43.6 Å². The zero-order chi connectivity index (χ0) is 25.4. The normalized spacial score (nSPS) is 20.9. The Morgan fingerprint density at radius 1 is 1.17 bits per heavy atom. The van der Waals surface area contributed by atoms with Crippen molar-refractivity contribution in [3.05, 3.63) is 69.3 Å². The highest BCUT2D eigenvalue weighted by atomic mass is 35.5. The minimum Gasteiger partial charge on any atom is -0.486 e. The topological polar surface area (TPSA) is 100 Å². The first-order chi connectivity index (χ1) is 17.4. The molecule has 0 aromatic heterocycles. The van der Waals surface area contributed by atoms with Gasteiger partial charge in [0.1, 0.15) is 19.3 Å². The summed E-state index contributed by atoms with van der Waals surface area (Å²) in [5, 5.41) is 6.47. The number of hydrogen-bond acceptors (Lipinski definition) is 5. The van der Waals surface area contributed by atoms with Gasteiger partial charge in [-0.1, -0.05) is 41.4 Å². The smallest absolute Gasteiger partial charge is 0.322 e. The molecule has 0 aliphatic carbocycles. The maximum absolute atomic E-state index is 13.4. The van der Waals surface area contributed by atoms with E-state index in [1.54, 1.807) is 24.3 Å². The predicted octanol–water partition coefficient (Wildman–Crippen LogP) is 3.13. The summed E-state index contributed by atoms with van der Waals surface area (Å²) in [6.45, 7) is 2.71. The van der Waals surface area contributed by atoms with Gasteiger partial charge in [-0.05, 0) is 36.8 Å². The molecule has 2 aromatic rings. The Morgan fingerprint density at radius 2 is 1.94 bits per heavy atom. The first kappa shape index (κ1) is 24.3. The number of nitrogens with zero attached hydrogens (tertiary/aromatic N) is 2. The molecule has 188 valence electrons. The molecule has 4 amide bonds. The van der Waals surface area contributed by atoms with Crippen LogP contribution in [-0.4, -0.2) is 66.5 Å². The summed E-state index contributed by atoms with van der Waals surface area (Å²) < 4.78 is 11.5. The summed E-state index contributed by atoms with van der Waals surface area (Å²) in [4.78, 5) is 41.9. The van der Waals surface area contributed by atoms with Gasteiger partial charge in [-0.15, -0.1) is 0 Å². The van der Waals surface area contributed by atoms with Gasteiger partial charge in [0.2, 0.25) is 5.91 Å². The highest BCUT2D eigenvalue weighted by Crippen LogP contribution is 2.39. The van der Waals surface area contributed by atoms with Crippen LogP contribution in [0, 0.1) is 0 Å². The lowest BCUT2D eigenvalue weighted by molar-refractivity contribution is -0.132. The van der Waals surface area contributed by atoms with Crippen LogP contribution < -0.4 is 20.1 Å². The summed E-state index contributed by atoms with van der Waals surface area (Å²) in [6, 6.07) is 11.2. The fourth-order valence-electron chi connectivity index (χ4n) is 4.60. The van der Waals surface area contributed by atoms with E-state index in [1.165, 1.54) is 9.80 Å². The van der Waals surface area contributed by atoms with Crippen molar-refractivity contribution >= 4 is 41.0 Å². The van der Waals surface area contributed by atoms with Crippen LogP contribution >= 0.6 is 23.2 Å². The molecule has 0 bridgehead atoms. The number of likely N-dealkylation sites (N-methyl/N-ethyl adjacent to an activating group) is 1. The Bertz CT molecular complexity index is 1270. The van der Waals surface area contributed by atoms with Gasteiger partial charge >= 0.3 is 6.03 Å². The average molecular weight is 531 g/mol. The number of hydrogen-bond donors (Lipinski definition) is 2. The zero-order valence-corrected chi connectivity index (χ0v) is 20.9. The number of carbonyl (C=O) groups is 3. The molecular weight excluding hydrogens is 507 g/mol. The van der Waals surface area contributed by atoms with Gasteiger partial charge in [-0.2, -0.15) is 0 Å². The van der Waals surface area contributed by atoms with Gasteiger partial charge in [-0.3, -0.25) is 14.5 Å². The second-order valence-electron chi connectivity index (χ2n) is 8.62. The van der Waals surface area contributed by atoms with Crippen molar-refractivity contribution in [3.8, 4) is 11.5 Å². The lowest BCUT2D eigenvalue weighted by Gasteiger charge is -2.33. The van der Waals surface area contributed by atoms with E-state index in [0.717, 1.165) is 0 Å². The number of carbonyl (C=O) groups excluding carboxylic acids is 3. The quantitative estimate of drug-likeness (QED) is 0.597. The molecule has 2 aromatic carbocycles. The van der Waals surface area contributed by atoms with E-state index in [4.69, 9.17) is 32.7 Å². The molecule has 0 saturated heterocycles. The molecule has 2 unspecified atom stereocenters. The fraction of sp³-hybridized carbons (Fsp3) is 0.320. The second kappa shape index (κ2) is 9.91. The fourth-order valence-corrected chi connectivity index (χ4v) is 5.12. The minimum atomic E-state index is -0.742. The molecule has 2 N–H and O–H groups in total. The molecular formula is C25H24Cl2N4O5. The van der Waals surface area contributed by atoms with Gasteiger partial charge in [0.05, 0.1) is 30.4 Å². The molecule has 0 spiro atoms. The summed E-state index contributed by atoms with van der Waals surface area (Å²) in [7, 11) is 0. The molecule has 9 nitrogen and oxygen atoms in total. The number of urea groups is 1. The first-order valence-corrected chi connectivity index (χ1v) is 12.3. The largest absolute Gasteiger partial charge is 0.486 e. The van der Waals surface area contributed by atoms with Gasteiger partial charge < -0.3 is 25.0 Å². The van der Waals surface area contributed by atoms with Crippen molar-refractivity contribution in [2.45, 2.75) is 19.1 Å². The molecule has 3 heterocycles. The van der Waals surface area contributed by atoms with Crippen LogP contribution in [0.4, 0.5) is 4.79 Å². The van der Waals surface area contributed by atoms with E-state index in [1.807, 2.05) is 25.1 Å². The third-order valence-corrected chi connectivity index (χ3v) is 6.88. The number of ether oxygens (including phenoxy) is 2. The van der Waals surface area contributed by atoms with Crippen LogP contribution in [0.15, 0.2) is 53.7 Å². The van der Waals surface area contributed by atoms with Crippen molar-refractivity contribution < 1.29 is 23.9 Å². The van der Waals surface area contributed by atoms with Gasteiger partial charge in [-0.25, -0.2) is 4.79 Å². The maximum Gasteiger partial charge on any atom is 0.322 e. The van der Waals surface area contributed by atoms with Crippen LogP contribution in [-0.2, 0) is 9.59 Å². The van der Waals surface area contributed by atoms with Crippen LogP contribution in [0.1, 0.15) is 18.5 Å². The molecule has 0 saturated carbocycles. The average Bonchev–Trinajstić information content (AvgIpc) is 3.17. The van der Waals surface area contributed by atoms with Crippen molar-refractivity contribution in [2.75, 3.05) is 32.8 Å². The molecule has 0 fully saturated rings. The summed E-state index contributed by atoms with van der Waals surface area (Å²) in [5.41, 5.74) is 1.52. The van der Waals surface area contributed by atoms with Gasteiger partial charge in [0.25, 0.3) is 5.91 Å². The third-order valence-electron chi connectivity index (χ3n) is 6.32. The Morgan fingerprint density at radius 3 is 2.69 bits per heavy atom. The number of rotatable bonds is 6. The van der Waals surface area contributed by atoms with Gasteiger partial charge in [0.15, 0.2) is 11.5 Å². The number of halogens is 2. The number of nitrogens with one attached hydrogen (secondary N) is 2. The minimum absolute atomic E-state index is 0.140. The van der Waals surface area contributed by atoms with Crippen LogP contribution in [0.3, 0.4) is 0 Å². The van der Waals surface area contributed by atoms with Crippen LogP contribution in [0.2, 0.25) is 10.0 Å². The van der Waals surface area contributed by atoms with E-state index in [9.17, 15) is 14.4 Å². The molecule has 36 heavy (non-hydrogen) atoms. The Hall–Kier alpha value is -3.43. The van der Waals surface area contributed by atoms with E-state index >= 15 is 0 Å². The third kappa shape index (κ3) is 4.56. The van der Waals surface area contributed by atoms with Crippen molar-refractivity contribution in [1.29, 1.82) is 0 Å². The molecule has 3 aliphatic heterocycles. The van der Waals surface area contributed by atoms with Crippen LogP contribution in [0.25, 0.3) is 0 Å². The van der Waals surface area contributed by atoms with E-state index in [2.05, 4.69) is 10.6 Å². The Balaban J connectivity index is 1.27. The highest BCUT2D eigenvalue weighted by Gasteiger charge is 2.44. The van der Waals surface area contributed by atoms with Crippen molar-refractivity contribution in [3.63, 3.8) is 0 Å². The number of amides is 4. The number of benzene rings is 2. The molecule has 0 radical (unpaired) electrons. The lowest BCUT2D eigenvalue weighted by Crippen LogP contribution is -2.47. The van der Waals surface area contributed by atoms with Crippen LogP contribution in [0.5, 0.6) is 11.5 Å². The number of fused-ring (bicyclic) bond motifs is 1. The SMILES string of the molecule is CCN1C(=O)NC(c2ccc(Cl)cc2Cl)C2=C1CN(CC(=O)NCC1COc3ccccc3O1)C2=O. The summed E-state index contributed by atoms with van der Waals surface area (Å²) >= 11 is 12.4. The predicted molar refractivity (Wildman–Crippen MR) is 133 cm³/mol. The van der Waals surface area contributed by atoms with E-state index < -0.39 is 6.04 Å². The zero-order valence-electron chi connectivity index (χ0n) is 19.4. The standard InChI is InChI=1S/C25H24Cl2N4O5/c1-2-31-18-11-30(12-21(32)28-10-15-13-35-19-5-3-4-6-20(19)36-15)24(33)22(18)23(29-25(31)34)16-8-7-14(26)9-17(16)27/h3-9,15,23H,2,10-13H2,1H3,(H,28,32)(H,29,34). The number of para-hydroxylation sites is 2. The summed E-state index contributed by atoms with van der Waals surface area (Å²) in [5.74, 6) is 0.617. The maximum atomic E-state index is 13.4. The molecule has 5 rings (SSSR count). The molecule has 2 atom stereocenters. The Kier molecular flexibility index (Phi) is 6.68. The van der Waals surface area contributed by atoms with Gasteiger partial charge in [0, 0.05) is 16.6 Å².